The van der Waals surface area contributed by atoms with E-state index in [0.717, 1.165) is 12.8 Å². The van der Waals surface area contributed by atoms with Crippen molar-refractivity contribution in [2.45, 2.75) is 12.8 Å². The number of fused-ring (bicyclic) bond motifs is 2. The van der Waals surface area contributed by atoms with E-state index in [2.05, 4.69) is 109 Å². The summed E-state index contributed by atoms with van der Waals surface area (Å²) in [6.45, 7) is 0. The second-order valence-electron chi connectivity index (χ2n) is 6.59. The first-order valence-corrected chi connectivity index (χ1v) is 9.18. The van der Waals surface area contributed by atoms with Crippen molar-refractivity contribution in [2.75, 3.05) is 0 Å². The molecule has 144 valence electrons. The number of aryl methyl sites for hydroxylation is 2. The molecule has 0 spiro atoms. The average Bonchev–Trinajstić information content (AvgIpc) is 3.35. The van der Waals surface area contributed by atoms with E-state index in [-0.39, 0.29) is 51.0 Å². The quantitative estimate of drug-likeness (QED) is 0.326. The SMILES string of the molecule is [Cl-].[Cl-].[Zr+4].c1ccc(CCc2c[cH-]c3ccccc23)cc1.c1ccc2[cH-]ccc2c1. The van der Waals surface area contributed by atoms with E-state index in [1.807, 2.05) is 0 Å². The molecule has 5 rings (SSSR count). The summed E-state index contributed by atoms with van der Waals surface area (Å²) >= 11 is 0. The van der Waals surface area contributed by atoms with E-state index in [4.69, 9.17) is 0 Å². The van der Waals surface area contributed by atoms with Crippen LogP contribution in [-0.2, 0) is 39.0 Å². The molecule has 0 nitrogen and oxygen atoms in total. The molecule has 0 aliphatic rings. The monoisotopic (exact) mass is 494 g/mol. The Morgan fingerprint density at radius 1 is 0.586 bits per heavy atom. The zero-order chi connectivity index (χ0) is 17.6. The van der Waals surface area contributed by atoms with Crippen LogP contribution in [0.25, 0.3) is 21.5 Å². The van der Waals surface area contributed by atoms with Gasteiger partial charge in [-0.15, -0.1) is 70.8 Å². The molecule has 0 atom stereocenters. The van der Waals surface area contributed by atoms with Crippen LogP contribution in [-0.4, -0.2) is 0 Å². The van der Waals surface area contributed by atoms with Gasteiger partial charge >= 0.3 is 26.2 Å². The minimum atomic E-state index is 0. The van der Waals surface area contributed by atoms with E-state index in [1.165, 1.54) is 32.7 Å². The van der Waals surface area contributed by atoms with Gasteiger partial charge in [-0.2, -0.15) is 23.1 Å². The summed E-state index contributed by atoms with van der Waals surface area (Å²) in [5, 5.41) is 5.42. The van der Waals surface area contributed by atoms with Gasteiger partial charge in [-0.25, -0.2) is 0 Å². The van der Waals surface area contributed by atoms with Gasteiger partial charge in [0.25, 0.3) is 0 Å². The Labute approximate surface area is 204 Å². The van der Waals surface area contributed by atoms with Crippen LogP contribution in [0.5, 0.6) is 0 Å². The number of benzene rings is 3. The molecule has 5 aromatic carbocycles. The van der Waals surface area contributed by atoms with Gasteiger partial charge in [0, 0.05) is 0 Å². The molecule has 0 saturated heterocycles. The Kier molecular flexibility index (Phi) is 11.2. The molecule has 0 unspecified atom stereocenters. The summed E-state index contributed by atoms with van der Waals surface area (Å²) in [6, 6.07) is 38.5. The molecular formula is C26H22Cl2Zr. The van der Waals surface area contributed by atoms with Gasteiger partial charge in [-0.05, 0) is 12.0 Å². The smallest absolute Gasteiger partial charge is 1.00 e. The summed E-state index contributed by atoms with van der Waals surface area (Å²) in [7, 11) is 0. The van der Waals surface area contributed by atoms with Crippen molar-refractivity contribution < 1.29 is 51.0 Å². The third-order valence-corrected chi connectivity index (χ3v) is 4.84. The van der Waals surface area contributed by atoms with E-state index in [0.29, 0.717) is 0 Å². The zero-order valence-corrected chi connectivity index (χ0v) is 20.0. The molecule has 0 aliphatic heterocycles. The Morgan fingerprint density at radius 3 is 2.00 bits per heavy atom. The topological polar surface area (TPSA) is 0 Å². The first-order chi connectivity index (χ1) is 12.9. The van der Waals surface area contributed by atoms with E-state index < -0.39 is 0 Å². The molecular weight excluding hydrogens is 474 g/mol. The second-order valence-corrected chi connectivity index (χ2v) is 6.59. The van der Waals surface area contributed by atoms with Crippen molar-refractivity contribution in [1.82, 2.24) is 0 Å². The molecule has 0 heterocycles. The molecule has 0 saturated carbocycles. The largest absolute Gasteiger partial charge is 4.00 e. The number of hydrogen-bond acceptors (Lipinski definition) is 0. The fourth-order valence-electron chi connectivity index (χ4n) is 3.43. The number of hydrogen-bond donors (Lipinski definition) is 0. The van der Waals surface area contributed by atoms with Gasteiger partial charge in [0.05, 0.1) is 0 Å². The molecule has 0 fully saturated rings. The molecule has 0 radical (unpaired) electrons. The fourth-order valence-corrected chi connectivity index (χ4v) is 3.43. The van der Waals surface area contributed by atoms with Crippen LogP contribution < -0.4 is 24.8 Å². The molecule has 0 amide bonds. The van der Waals surface area contributed by atoms with Crippen molar-refractivity contribution >= 4 is 21.5 Å². The summed E-state index contributed by atoms with van der Waals surface area (Å²) in [6.07, 6.45) is 2.24. The van der Waals surface area contributed by atoms with Crippen LogP contribution in [0.4, 0.5) is 0 Å². The number of rotatable bonds is 3. The van der Waals surface area contributed by atoms with Crippen LogP contribution in [0.3, 0.4) is 0 Å². The maximum Gasteiger partial charge on any atom is 4.00 e. The Bertz CT molecular complexity index is 1060. The molecule has 0 aromatic heterocycles. The van der Waals surface area contributed by atoms with E-state index >= 15 is 0 Å². The van der Waals surface area contributed by atoms with Crippen LogP contribution >= 0.6 is 0 Å². The van der Waals surface area contributed by atoms with Gasteiger partial charge in [0.1, 0.15) is 0 Å². The molecule has 0 N–H and O–H groups in total. The molecule has 0 aliphatic carbocycles. The van der Waals surface area contributed by atoms with E-state index in [1.54, 1.807) is 0 Å². The molecule has 3 heteroatoms. The summed E-state index contributed by atoms with van der Waals surface area (Å²) in [5.41, 5.74) is 2.88. The Balaban J connectivity index is 0.000000302. The number of halogens is 2. The van der Waals surface area contributed by atoms with Crippen molar-refractivity contribution in [3.8, 4) is 0 Å². The van der Waals surface area contributed by atoms with Gasteiger partial charge in [-0.3, -0.25) is 0 Å². The summed E-state index contributed by atoms with van der Waals surface area (Å²) in [4.78, 5) is 0. The molecule has 5 aromatic rings. The maximum absolute atomic E-state index is 2.26. The third kappa shape index (κ3) is 6.68. The first-order valence-electron chi connectivity index (χ1n) is 9.18. The van der Waals surface area contributed by atoms with Gasteiger partial charge < -0.3 is 24.8 Å². The van der Waals surface area contributed by atoms with Crippen LogP contribution in [0.2, 0.25) is 0 Å². The van der Waals surface area contributed by atoms with Crippen LogP contribution in [0.15, 0.2) is 109 Å². The molecule has 29 heavy (non-hydrogen) atoms. The van der Waals surface area contributed by atoms with Gasteiger partial charge in [0.15, 0.2) is 0 Å². The zero-order valence-electron chi connectivity index (χ0n) is 16.1. The van der Waals surface area contributed by atoms with Crippen LogP contribution in [0, 0.1) is 0 Å². The minimum absolute atomic E-state index is 0. The summed E-state index contributed by atoms with van der Waals surface area (Å²) in [5.74, 6) is 0. The maximum atomic E-state index is 2.26. The predicted molar refractivity (Wildman–Crippen MR) is 113 cm³/mol. The summed E-state index contributed by atoms with van der Waals surface area (Å²) < 4.78 is 0. The minimum Gasteiger partial charge on any atom is -1.00 e. The van der Waals surface area contributed by atoms with Gasteiger partial charge in [-0.1, -0.05) is 48.9 Å². The normalized spacial score (nSPS) is 9.52. The average molecular weight is 497 g/mol. The van der Waals surface area contributed by atoms with E-state index in [9.17, 15) is 0 Å². The van der Waals surface area contributed by atoms with Crippen molar-refractivity contribution in [1.29, 1.82) is 0 Å². The predicted octanol–water partition coefficient (Wildman–Crippen LogP) is 0.908. The Morgan fingerprint density at radius 2 is 1.24 bits per heavy atom. The molecule has 0 bridgehead atoms. The van der Waals surface area contributed by atoms with Crippen molar-refractivity contribution in [3.63, 3.8) is 0 Å². The third-order valence-electron chi connectivity index (χ3n) is 4.84. The standard InChI is InChI=1S/C17H15.C9H7.2ClH.Zr/c1-2-6-14(7-3-1)10-11-16-13-12-15-8-4-5-9-17(15)16;1-2-5-9-7-3-6-8(9)4-1;;;/h1-9,12-13H,10-11H2;1-7H;2*1H;/q2*-1;;;+4/p-2. The van der Waals surface area contributed by atoms with Crippen LogP contribution in [0.1, 0.15) is 11.1 Å². The van der Waals surface area contributed by atoms with Crippen molar-refractivity contribution in [2.24, 2.45) is 0 Å². The second kappa shape index (κ2) is 12.8. The fraction of sp³-hybridized carbons (Fsp3) is 0.0769. The first kappa shape index (κ1) is 25.4. The van der Waals surface area contributed by atoms with Crippen molar-refractivity contribution in [3.05, 3.63) is 120 Å². The van der Waals surface area contributed by atoms with Gasteiger partial charge in [0.2, 0.25) is 0 Å². The Hall–Kier alpha value is -1.66.